The summed E-state index contributed by atoms with van der Waals surface area (Å²) in [6, 6.07) is 11.8. The summed E-state index contributed by atoms with van der Waals surface area (Å²) in [5, 5.41) is 7.65. The molecular weight excluding hydrogens is 458 g/mol. The molecule has 1 amide bonds. The molecule has 0 bridgehead atoms. The number of rotatable bonds is 8. The number of furan rings is 1. The number of morpholine rings is 1. The molecule has 0 saturated carbocycles. The second kappa shape index (κ2) is 10.5. The molecule has 1 saturated heterocycles. The summed E-state index contributed by atoms with van der Waals surface area (Å²) >= 11 is 0. The fourth-order valence-electron chi connectivity index (χ4n) is 4.18. The number of carbonyl (C=O) groups excluding carboxylic acids is 1. The van der Waals surface area contributed by atoms with E-state index in [1.165, 1.54) is 5.56 Å². The quantitative estimate of drug-likeness (QED) is 0.377. The number of aromatic nitrogens is 4. The first kappa shape index (κ1) is 24.0. The molecule has 3 aromatic heterocycles. The lowest BCUT2D eigenvalue weighted by Gasteiger charge is -2.27. The Morgan fingerprint density at radius 2 is 1.97 bits per heavy atom. The fraction of sp³-hybridized carbons (Fsp3) is 0.385. The smallest absolute Gasteiger partial charge is 0.287 e. The summed E-state index contributed by atoms with van der Waals surface area (Å²) < 4.78 is 13.2. The van der Waals surface area contributed by atoms with Gasteiger partial charge in [-0.15, -0.1) is 0 Å². The minimum atomic E-state index is -0.262. The van der Waals surface area contributed by atoms with Crippen LogP contribution in [-0.4, -0.2) is 84.0 Å². The van der Waals surface area contributed by atoms with Gasteiger partial charge in [0.1, 0.15) is 5.52 Å². The predicted octanol–water partition coefficient (Wildman–Crippen LogP) is 2.90. The molecule has 1 fully saturated rings. The van der Waals surface area contributed by atoms with Gasteiger partial charge < -0.3 is 24.3 Å². The van der Waals surface area contributed by atoms with E-state index in [0.717, 1.165) is 24.2 Å². The number of aryl methyl sites for hydroxylation is 1. The summed E-state index contributed by atoms with van der Waals surface area (Å²) in [6.07, 6.45) is 2.70. The van der Waals surface area contributed by atoms with Crippen LogP contribution >= 0.6 is 0 Å². The van der Waals surface area contributed by atoms with E-state index in [9.17, 15) is 4.79 Å². The van der Waals surface area contributed by atoms with Crippen molar-refractivity contribution < 1.29 is 13.9 Å². The van der Waals surface area contributed by atoms with Crippen molar-refractivity contribution in [3.8, 4) is 17.2 Å². The molecule has 5 rings (SSSR count). The Bertz CT molecular complexity index is 1350. The van der Waals surface area contributed by atoms with Gasteiger partial charge in [-0.1, -0.05) is 23.8 Å². The van der Waals surface area contributed by atoms with Crippen LogP contribution in [0.1, 0.15) is 22.5 Å². The molecule has 1 N–H and O–H groups in total. The average Bonchev–Trinajstić information content (AvgIpc) is 3.54. The average molecular weight is 490 g/mol. The zero-order valence-corrected chi connectivity index (χ0v) is 20.9. The van der Waals surface area contributed by atoms with Crippen LogP contribution in [0.2, 0.25) is 0 Å². The number of nitrogens with zero attached hydrogens (tertiary/aromatic N) is 6. The Morgan fingerprint density at radius 1 is 1.14 bits per heavy atom. The van der Waals surface area contributed by atoms with Gasteiger partial charge in [-0.25, -0.2) is 9.67 Å². The molecule has 4 heterocycles. The molecule has 0 spiro atoms. The summed E-state index contributed by atoms with van der Waals surface area (Å²) in [6.45, 7) is 6.06. The third kappa shape index (κ3) is 5.24. The second-order valence-electron chi connectivity index (χ2n) is 9.20. The highest BCUT2D eigenvalue weighted by Gasteiger charge is 2.23. The molecule has 0 radical (unpaired) electrons. The van der Waals surface area contributed by atoms with Crippen molar-refractivity contribution in [1.82, 2.24) is 30.0 Å². The van der Waals surface area contributed by atoms with Crippen molar-refractivity contribution in [2.75, 3.05) is 58.4 Å². The van der Waals surface area contributed by atoms with E-state index >= 15 is 0 Å². The lowest BCUT2D eigenvalue weighted by Crippen LogP contribution is -2.37. The van der Waals surface area contributed by atoms with Crippen LogP contribution in [-0.2, 0) is 4.74 Å². The highest BCUT2D eigenvalue weighted by molar-refractivity contribution is 5.97. The Morgan fingerprint density at radius 3 is 2.75 bits per heavy atom. The normalized spacial score (nSPS) is 14.1. The molecule has 1 aromatic carbocycles. The summed E-state index contributed by atoms with van der Waals surface area (Å²) in [4.78, 5) is 26.5. The van der Waals surface area contributed by atoms with Crippen molar-refractivity contribution in [3.63, 3.8) is 0 Å². The van der Waals surface area contributed by atoms with Gasteiger partial charge in [0.2, 0.25) is 0 Å². The standard InChI is InChI=1S/C26H31N7O3/c1-18-6-4-7-19(16-18)20-8-11-33(30-20)26-28-21-17-22(25(34)27-9-5-10-31(2)3)36-23(21)24(29-26)32-12-14-35-15-13-32/h4,6-8,11,16-17H,5,9-10,12-15H2,1-3H3,(H,27,34). The first-order valence-corrected chi connectivity index (χ1v) is 12.2. The van der Waals surface area contributed by atoms with E-state index in [1.54, 1.807) is 10.7 Å². The molecule has 0 atom stereocenters. The molecule has 188 valence electrons. The van der Waals surface area contributed by atoms with E-state index in [2.05, 4.69) is 34.2 Å². The maximum Gasteiger partial charge on any atom is 0.287 e. The van der Waals surface area contributed by atoms with Gasteiger partial charge in [-0.2, -0.15) is 10.1 Å². The number of benzene rings is 1. The largest absolute Gasteiger partial charge is 0.445 e. The van der Waals surface area contributed by atoms with Gasteiger partial charge in [-0.3, -0.25) is 4.79 Å². The lowest BCUT2D eigenvalue weighted by atomic mass is 10.1. The third-order valence-electron chi connectivity index (χ3n) is 6.05. The molecule has 1 aliphatic heterocycles. The molecule has 4 aromatic rings. The molecule has 0 aliphatic carbocycles. The van der Waals surface area contributed by atoms with Crippen molar-refractivity contribution in [1.29, 1.82) is 0 Å². The summed E-state index contributed by atoms with van der Waals surface area (Å²) in [5.41, 5.74) is 4.08. The van der Waals surface area contributed by atoms with E-state index < -0.39 is 0 Å². The van der Waals surface area contributed by atoms with Crippen LogP contribution < -0.4 is 10.2 Å². The number of fused-ring (bicyclic) bond motifs is 1. The van der Waals surface area contributed by atoms with Crippen LogP contribution in [0.25, 0.3) is 28.3 Å². The Hall–Kier alpha value is -3.76. The highest BCUT2D eigenvalue weighted by atomic mass is 16.5. The maximum atomic E-state index is 12.8. The van der Waals surface area contributed by atoms with Crippen molar-refractivity contribution in [3.05, 3.63) is 53.9 Å². The third-order valence-corrected chi connectivity index (χ3v) is 6.05. The Balaban J connectivity index is 1.48. The number of hydrogen-bond acceptors (Lipinski definition) is 8. The zero-order chi connectivity index (χ0) is 25.1. The van der Waals surface area contributed by atoms with Crippen LogP contribution in [0.5, 0.6) is 0 Å². The van der Waals surface area contributed by atoms with Gasteiger partial charge in [0, 0.05) is 37.5 Å². The Kier molecular flexibility index (Phi) is 6.97. The minimum absolute atomic E-state index is 0.219. The highest BCUT2D eigenvalue weighted by Crippen LogP contribution is 2.29. The van der Waals surface area contributed by atoms with Gasteiger partial charge >= 0.3 is 0 Å². The molecular formula is C26H31N7O3. The van der Waals surface area contributed by atoms with Crippen LogP contribution in [0.15, 0.2) is 47.0 Å². The predicted molar refractivity (Wildman–Crippen MR) is 138 cm³/mol. The van der Waals surface area contributed by atoms with E-state index in [0.29, 0.717) is 55.7 Å². The second-order valence-corrected chi connectivity index (χ2v) is 9.20. The number of ether oxygens (including phenoxy) is 1. The molecule has 36 heavy (non-hydrogen) atoms. The summed E-state index contributed by atoms with van der Waals surface area (Å²) in [5.74, 6) is 1.01. The first-order chi connectivity index (χ1) is 17.5. The van der Waals surface area contributed by atoms with Crippen LogP contribution in [0.4, 0.5) is 5.82 Å². The SMILES string of the molecule is Cc1cccc(-c2ccn(-c3nc(N4CCOCC4)c4oc(C(=O)NCCCN(C)C)cc4n3)n2)c1. The molecule has 10 nitrogen and oxygen atoms in total. The number of anilines is 1. The number of hydrogen-bond donors (Lipinski definition) is 1. The fourth-order valence-corrected chi connectivity index (χ4v) is 4.18. The number of carbonyl (C=O) groups is 1. The van der Waals surface area contributed by atoms with Gasteiger partial charge in [-0.05, 0) is 46.1 Å². The molecule has 0 unspecified atom stereocenters. The van der Waals surface area contributed by atoms with E-state index in [4.69, 9.17) is 24.2 Å². The first-order valence-electron chi connectivity index (χ1n) is 12.2. The number of nitrogens with one attached hydrogen (secondary N) is 1. The van der Waals surface area contributed by atoms with Crippen LogP contribution in [0, 0.1) is 6.92 Å². The zero-order valence-electron chi connectivity index (χ0n) is 20.9. The van der Waals surface area contributed by atoms with Crippen LogP contribution in [0.3, 0.4) is 0 Å². The van der Waals surface area contributed by atoms with Gasteiger partial charge in [0.25, 0.3) is 11.9 Å². The van der Waals surface area contributed by atoms with Gasteiger partial charge in [0.15, 0.2) is 17.2 Å². The molecule has 1 aliphatic rings. The van der Waals surface area contributed by atoms with Crippen molar-refractivity contribution in [2.45, 2.75) is 13.3 Å². The molecule has 10 heteroatoms. The maximum absolute atomic E-state index is 12.8. The monoisotopic (exact) mass is 489 g/mol. The lowest BCUT2D eigenvalue weighted by molar-refractivity contribution is 0.0926. The van der Waals surface area contributed by atoms with E-state index in [-0.39, 0.29) is 11.7 Å². The summed E-state index contributed by atoms with van der Waals surface area (Å²) in [7, 11) is 4.02. The van der Waals surface area contributed by atoms with Crippen molar-refractivity contribution >= 4 is 22.8 Å². The topological polar surface area (TPSA) is 102 Å². The number of amides is 1. The van der Waals surface area contributed by atoms with Crippen molar-refractivity contribution in [2.24, 2.45) is 0 Å². The minimum Gasteiger partial charge on any atom is -0.445 e. The van der Waals surface area contributed by atoms with E-state index in [1.807, 2.05) is 38.5 Å². The van der Waals surface area contributed by atoms with Gasteiger partial charge in [0.05, 0.1) is 18.9 Å². The Labute approximate surface area is 209 Å².